The van der Waals surface area contributed by atoms with E-state index >= 15 is 0 Å². The maximum Gasteiger partial charge on any atom is 0.330 e. The molecule has 0 heterocycles. The molecule has 3 atom stereocenters. The first kappa shape index (κ1) is 26.1. The maximum atomic E-state index is 11.8. The Bertz CT molecular complexity index is 407. The predicted octanol–water partition coefficient (Wildman–Crippen LogP) is 2.84. The highest BCUT2D eigenvalue weighted by molar-refractivity contribution is 5.82. The zero-order valence-electron chi connectivity index (χ0n) is 17.5. The summed E-state index contributed by atoms with van der Waals surface area (Å²) in [6.45, 7) is 8.02. The molecule has 6 heteroatoms. The molecule has 160 valence electrons. The molecule has 0 bridgehead atoms. The average Bonchev–Trinajstić information content (AvgIpc) is 2.59. The average molecular weight is 389 g/mol. The number of esters is 1. The van der Waals surface area contributed by atoms with Crippen molar-refractivity contribution in [2.45, 2.75) is 78.4 Å². The van der Waals surface area contributed by atoms with Crippen molar-refractivity contribution in [1.29, 1.82) is 0 Å². The van der Waals surface area contributed by atoms with Gasteiger partial charge in [-0.2, -0.15) is 0 Å². The van der Waals surface area contributed by atoms with Crippen molar-refractivity contribution in [2.75, 3.05) is 26.4 Å². The van der Waals surface area contributed by atoms with Crippen LogP contribution in [0.25, 0.3) is 0 Å². The van der Waals surface area contributed by atoms with Gasteiger partial charge in [0.25, 0.3) is 0 Å². The number of carbonyl (C=O) groups is 1. The van der Waals surface area contributed by atoms with Crippen LogP contribution in [0, 0.1) is 11.8 Å². The van der Waals surface area contributed by atoms with Gasteiger partial charge in [0.05, 0.1) is 19.8 Å². The van der Waals surface area contributed by atoms with Gasteiger partial charge in [-0.15, -0.1) is 0 Å². The summed E-state index contributed by atoms with van der Waals surface area (Å²) in [5, 5.41) is 27.4. The molecule has 0 aromatic heterocycles. The summed E-state index contributed by atoms with van der Waals surface area (Å²) in [5.41, 5.74) is 0.978. The van der Waals surface area contributed by atoms with Crippen molar-refractivity contribution in [1.82, 2.24) is 0 Å². The van der Waals surface area contributed by atoms with E-state index in [9.17, 15) is 9.90 Å². The number of ether oxygens (including phenoxy) is 2. The van der Waals surface area contributed by atoms with Gasteiger partial charge < -0.3 is 24.8 Å². The fourth-order valence-electron chi connectivity index (χ4n) is 2.68. The van der Waals surface area contributed by atoms with Crippen LogP contribution in [-0.2, 0) is 14.3 Å². The number of aliphatic hydroxyl groups excluding tert-OH is 3. The van der Waals surface area contributed by atoms with E-state index in [1.54, 1.807) is 0 Å². The number of hydrogen-bond acceptors (Lipinski definition) is 6. The number of rotatable bonds is 16. The molecule has 27 heavy (non-hydrogen) atoms. The Kier molecular flexibility index (Phi) is 15.5. The van der Waals surface area contributed by atoms with E-state index < -0.39 is 24.8 Å². The first-order valence-electron chi connectivity index (χ1n) is 10.1. The predicted molar refractivity (Wildman–Crippen MR) is 106 cm³/mol. The number of aliphatic hydroxyl groups is 3. The van der Waals surface area contributed by atoms with Crippen LogP contribution in [0.1, 0.15) is 66.2 Å². The molecule has 3 N–H and O–H groups in total. The van der Waals surface area contributed by atoms with E-state index in [1.165, 1.54) is 25.3 Å². The third-order valence-electron chi connectivity index (χ3n) is 4.36. The highest BCUT2D eigenvalue weighted by Gasteiger charge is 2.10. The van der Waals surface area contributed by atoms with Gasteiger partial charge in [0.15, 0.2) is 0 Å². The van der Waals surface area contributed by atoms with Crippen LogP contribution in [0.5, 0.6) is 0 Å². The van der Waals surface area contributed by atoms with E-state index in [0.29, 0.717) is 5.92 Å². The van der Waals surface area contributed by atoms with Crippen molar-refractivity contribution >= 4 is 5.97 Å². The maximum absolute atomic E-state index is 11.8. The first-order chi connectivity index (χ1) is 12.7. The zero-order chi connectivity index (χ0) is 20.7. The van der Waals surface area contributed by atoms with Crippen molar-refractivity contribution in [3.05, 3.63) is 11.6 Å². The van der Waals surface area contributed by atoms with Crippen LogP contribution in [0.2, 0.25) is 0 Å². The van der Waals surface area contributed by atoms with Crippen molar-refractivity contribution in [3.63, 3.8) is 0 Å². The molecule has 0 aliphatic carbocycles. The van der Waals surface area contributed by atoms with Gasteiger partial charge in [-0.25, -0.2) is 4.79 Å². The lowest BCUT2D eigenvalue weighted by molar-refractivity contribution is -0.142. The summed E-state index contributed by atoms with van der Waals surface area (Å²) in [4.78, 5) is 11.8. The summed E-state index contributed by atoms with van der Waals surface area (Å²) in [7, 11) is 0. The van der Waals surface area contributed by atoms with Crippen LogP contribution >= 0.6 is 0 Å². The van der Waals surface area contributed by atoms with Gasteiger partial charge in [0.2, 0.25) is 0 Å². The van der Waals surface area contributed by atoms with E-state index in [-0.39, 0.29) is 19.8 Å². The molecule has 0 amide bonds. The van der Waals surface area contributed by atoms with Gasteiger partial charge in [-0.05, 0) is 31.6 Å². The van der Waals surface area contributed by atoms with E-state index in [4.69, 9.17) is 19.7 Å². The third-order valence-corrected chi connectivity index (χ3v) is 4.36. The van der Waals surface area contributed by atoms with Crippen LogP contribution in [-0.4, -0.2) is 59.9 Å². The highest BCUT2D eigenvalue weighted by atomic mass is 16.5. The lowest BCUT2D eigenvalue weighted by Crippen LogP contribution is -2.27. The quantitative estimate of drug-likeness (QED) is 0.278. The Morgan fingerprint density at radius 1 is 0.963 bits per heavy atom. The first-order valence-corrected chi connectivity index (χ1v) is 10.1. The van der Waals surface area contributed by atoms with E-state index in [0.717, 1.165) is 30.8 Å². The normalized spacial score (nSPS) is 15.6. The molecular formula is C21H40O6. The molecule has 0 aromatic rings. The van der Waals surface area contributed by atoms with Crippen molar-refractivity contribution in [2.24, 2.45) is 11.8 Å². The molecule has 0 rings (SSSR count). The second kappa shape index (κ2) is 16.0. The summed E-state index contributed by atoms with van der Waals surface area (Å²) in [6.07, 6.45) is 6.47. The lowest BCUT2D eigenvalue weighted by Gasteiger charge is -2.13. The smallest absolute Gasteiger partial charge is 0.330 e. The minimum atomic E-state index is -0.969. The Morgan fingerprint density at radius 3 is 2.22 bits per heavy atom. The minimum Gasteiger partial charge on any atom is -0.460 e. The number of hydrogen-bond donors (Lipinski definition) is 3. The topological polar surface area (TPSA) is 96.2 Å². The van der Waals surface area contributed by atoms with Crippen molar-refractivity contribution in [3.8, 4) is 0 Å². The molecule has 0 radical (unpaired) electrons. The molecular weight excluding hydrogens is 348 g/mol. The SMILES string of the molecule is C/C(=C\C(=O)OCC(O)COCC(O)CO)CCCC(C)CCCC(C)C. The van der Waals surface area contributed by atoms with Gasteiger partial charge in [0, 0.05) is 6.08 Å². The lowest BCUT2D eigenvalue weighted by atomic mass is 9.94. The van der Waals surface area contributed by atoms with Crippen LogP contribution < -0.4 is 0 Å². The Labute approximate surface area is 164 Å². The molecule has 0 fully saturated rings. The number of carbonyl (C=O) groups excluding carboxylic acids is 1. The minimum absolute atomic E-state index is 0.0677. The van der Waals surface area contributed by atoms with Crippen LogP contribution in [0.3, 0.4) is 0 Å². The van der Waals surface area contributed by atoms with Gasteiger partial charge in [0.1, 0.15) is 18.8 Å². The number of allylic oxidation sites excluding steroid dienone is 1. The van der Waals surface area contributed by atoms with E-state index in [2.05, 4.69) is 20.8 Å². The second-order valence-corrected chi connectivity index (χ2v) is 7.97. The summed E-state index contributed by atoms with van der Waals surface area (Å²) in [5.74, 6) is 1.01. The van der Waals surface area contributed by atoms with Crippen LogP contribution in [0.4, 0.5) is 0 Å². The summed E-state index contributed by atoms with van der Waals surface area (Å²) in [6, 6.07) is 0. The molecule has 3 unspecified atom stereocenters. The fourth-order valence-corrected chi connectivity index (χ4v) is 2.68. The molecule has 0 spiro atoms. The standard InChI is InChI=1S/C21H40O6/c1-16(2)7-5-8-17(3)9-6-10-18(4)11-21(25)27-15-20(24)14-26-13-19(23)12-22/h11,16-17,19-20,22-24H,5-10,12-15H2,1-4H3/b18-11+. The zero-order valence-corrected chi connectivity index (χ0v) is 17.5. The second-order valence-electron chi connectivity index (χ2n) is 7.97. The molecule has 6 nitrogen and oxygen atoms in total. The van der Waals surface area contributed by atoms with Crippen LogP contribution in [0.15, 0.2) is 11.6 Å². The van der Waals surface area contributed by atoms with Gasteiger partial charge >= 0.3 is 5.97 Å². The largest absolute Gasteiger partial charge is 0.460 e. The molecule has 0 aliphatic heterocycles. The molecule has 0 aromatic carbocycles. The monoisotopic (exact) mass is 388 g/mol. The van der Waals surface area contributed by atoms with Gasteiger partial charge in [-0.3, -0.25) is 0 Å². The summed E-state index contributed by atoms with van der Waals surface area (Å²) < 4.78 is 10.0. The Balaban J connectivity index is 3.85. The molecule has 0 aliphatic rings. The van der Waals surface area contributed by atoms with Crippen molar-refractivity contribution < 1.29 is 29.6 Å². The molecule has 0 saturated carbocycles. The highest BCUT2D eigenvalue weighted by Crippen LogP contribution is 2.19. The van der Waals surface area contributed by atoms with Gasteiger partial charge in [-0.1, -0.05) is 52.0 Å². The van der Waals surface area contributed by atoms with E-state index in [1.807, 2.05) is 6.92 Å². The Morgan fingerprint density at radius 2 is 1.59 bits per heavy atom. The third kappa shape index (κ3) is 16.9. The fraction of sp³-hybridized carbons (Fsp3) is 0.857. The summed E-state index contributed by atoms with van der Waals surface area (Å²) >= 11 is 0. The Hall–Kier alpha value is -0.950. The molecule has 0 saturated heterocycles.